The molecule has 3 rings (SSSR count). The molecular formula is C21H25NO6S. The van der Waals surface area contributed by atoms with Gasteiger partial charge in [0.25, 0.3) is 0 Å². The maximum absolute atomic E-state index is 12.3. The van der Waals surface area contributed by atoms with Crippen LogP contribution in [0.2, 0.25) is 0 Å². The quantitative estimate of drug-likeness (QED) is 0.662. The van der Waals surface area contributed by atoms with Crippen LogP contribution in [0, 0.1) is 0 Å². The maximum atomic E-state index is 12.3. The number of nitrogens with one attached hydrogen (secondary N) is 1. The predicted molar refractivity (Wildman–Crippen MR) is 108 cm³/mol. The number of hydrogen-bond donors (Lipinski definition) is 1. The summed E-state index contributed by atoms with van der Waals surface area (Å²) in [5.74, 6) is 1.87. The number of benzene rings is 2. The van der Waals surface area contributed by atoms with Crippen molar-refractivity contribution < 1.29 is 27.4 Å². The van der Waals surface area contributed by atoms with Gasteiger partial charge in [-0.25, -0.2) is 8.42 Å². The lowest BCUT2D eigenvalue weighted by Gasteiger charge is -2.27. The van der Waals surface area contributed by atoms with E-state index in [4.69, 9.17) is 14.2 Å². The Bertz CT molecular complexity index is 983. The minimum absolute atomic E-state index is 0.0799. The van der Waals surface area contributed by atoms with Crippen molar-refractivity contribution in [1.82, 2.24) is 5.32 Å². The van der Waals surface area contributed by atoms with Crippen LogP contribution in [-0.2, 0) is 20.2 Å². The van der Waals surface area contributed by atoms with Crippen molar-refractivity contribution >= 4 is 15.7 Å². The van der Waals surface area contributed by atoms with Crippen molar-refractivity contribution in [2.75, 3.05) is 19.7 Å². The number of rotatable bonds is 8. The number of carbonyl (C=O) groups excluding carboxylic acids is 1. The summed E-state index contributed by atoms with van der Waals surface area (Å²) in [6.07, 6.45) is 2.01. The minimum atomic E-state index is -3.22. The van der Waals surface area contributed by atoms with Gasteiger partial charge in [-0.2, -0.15) is 0 Å². The molecule has 0 saturated carbocycles. The molecule has 0 bridgehead atoms. The van der Waals surface area contributed by atoms with Gasteiger partial charge in [-0.05, 0) is 62.2 Å². The number of amides is 1. The molecule has 2 aromatic rings. The van der Waals surface area contributed by atoms with Crippen molar-refractivity contribution in [3.8, 4) is 17.2 Å². The van der Waals surface area contributed by atoms with E-state index in [1.165, 1.54) is 12.1 Å². The highest BCUT2D eigenvalue weighted by Crippen LogP contribution is 2.35. The fourth-order valence-corrected chi connectivity index (χ4v) is 3.60. The Balaban J connectivity index is 1.46. The van der Waals surface area contributed by atoms with E-state index in [-0.39, 0.29) is 17.6 Å². The normalized spacial score (nSPS) is 13.2. The topological polar surface area (TPSA) is 90.9 Å². The third kappa shape index (κ3) is 5.41. The van der Waals surface area contributed by atoms with Crippen LogP contribution in [0.4, 0.5) is 0 Å². The zero-order chi connectivity index (χ0) is 21.1. The van der Waals surface area contributed by atoms with Crippen LogP contribution in [0.3, 0.4) is 0 Å². The molecule has 1 aliphatic rings. The fourth-order valence-electron chi connectivity index (χ4n) is 2.97. The molecule has 8 heteroatoms. The summed E-state index contributed by atoms with van der Waals surface area (Å²) in [6.45, 7) is 4.43. The van der Waals surface area contributed by atoms with Gasteiger partial charge in [0, 0.05) is 12.7 Å². The number of hydrogen-bond acceptors (Lipinski definition) is 6. The molecule has 0 aliphatic carbocycles. The zero-order valence-corrected chi connectivity index (χ0v) is 17.5. The highest BCUT2D eigenvalue weighted by Gasteiger charge is 2.25. The highest BCUT2D eigenvalue weighted by atomic mass is 32.2. The van der Waals surface area contributed by atoms with Crippen LogP contribution in [0.5, 0.6) is 17.2 Å². The van der Waals surface area contributed by atoms with Gasteiger partial charge in [0.2, 0.25) is 12.7 Å². The molecule has 1 N–H and O–H groups in total. The van der Waals surface area contributed by atoms with Crippen molar-refractivity contribution in [2.24, 2.45) is 0 Å². The van der Waals surface area contributed by atoms with Gasteiger partial charge >= 0.3 is 0 Å². The molecule has 29 heavy (non-hydrogen) atoms. The van der Waals surface area contributed by atoms with E-state index in [2.05, 4.69) is 5.32 Å². The molecule has 7 nitrogen and oxygen atoms in total. The molecule has 0 atom stereocenters. The van der Waals surface area contributed by atoms with Crippen LogP contribution in [0.1, 0.15) is 32.3 Å². The number of sulfone groups is 1. The molecule has 1 aliphatic heterocycles. The van der Waals surface area contributed by atoms with Crippen molar-refractivity contribution in [1.29, 1.82) is 0 Å². The van der Waals surface area contributed by atoms with Gasteiger partial charge in [0.1, 0.15) is 5.75 Å². The van der Waals surface area contributed by atoms with E-state index in [9.17, 15) is 13.2 Å². The fraction of sp³-hybridized carbons (Fsp3) is 0.381. The Labute approximate surface area is 170 Å². The summed E-state index contributed by atoms with van der Waals surface area (Å²) in [5, 5.41) is 3.03. The third-order valence-electron chi connectivity index (χ3n) is 4.61. The molecule has 0 unspecified atom stereocenters. The van der Waals surface area contributed by atoms with Gasteiger partial charge in [-0.1, -0.05) is 6.07 Å². The van der Waals surface area contributed by atoms with Crippen molar-refractivity contribution in [2.45, 2.75) is 37.1 Å². The summed E-state index contributed by atoms with van der Waals surface area (Å²) in [4.78, 5) is 12.6. The monoisotopic (exact) mass is 419 g/mol. The average molecular weight is 419 g/mol. The molecule has 2 aromatic carbocycles. The van der Waals surface area contributed by atoms with E-state index < -0.39 is 15.4 Å². The summed E-state index contributed by atoms with van der Waals surface area (Å²) >= 11 is 0. The van der Waals surface area contributed by atoms with E-state index >= 15 is 0 Å². The first-order valence-corrected chi connectivity index (χ1v) is 11.2. The smallest absolute Gasteiger partial charge is 0.231 e. The van der Waals surface area contributed by atoms with Gasteiger partial charge in [0.15, 0.2) is 21.3 Å². The Morgan fingerprint density at radius 3 is 2.48 bits per heavy atom. The predicted octanol–water partition coefficient (Wildman–Crippen LogP) is 3.03. The molecule has 0 radical (unpaired) electrons. The molecule has 1 amide bonds. The summed E-state index contributed by atoms with van der Waals surface area (Å²) in [5.41, 5.74) is 0.373. The number of carbonyl (C=O) groups is 1. The molecule has 0 saturated heterocycles. The van der Waals surface area contributed by atoms with E-state index in [0.717, 1.165) is 11.8 Å². The van der Waals surface area contributed by atoms with Gasteiger partial charge in [-0.3, -0.25) is 4.79 Å². The summed E-state index contributed by atoms with van der Waals surface area (Å²) < 4.78 is 39.2. The van der Waals surface area contributed by atoms with Crippen LogP contribution in [-0.4, -0.2) is 34.0 Å². The lowest BCUT2D eigenvalue weighted by atomic mass is 9.93. The molecule has 0 fully saturated rings. The molecule has 1 heterocycles. The second kappa shape index (κ2) is 8.32. The number of fused-ring (bicyclic) bond motifs is 1. The van der Waals surface area contributed by atoms with Crippen LogP contribution >= 0.6 is 0 Å². The largest absolute Gasteiger partial charge is 0.494 e. The lowest BCUT2D eigenvalue weighted by molar-refractivity contribution is -0.123. The van der Waals surface area contributed by atoms with Crippen LogP contribution in [0.25, 0.3) is 0 Å². The van der Waals surface area contributed by atoms with E-state index in [0.29, 0.717) is 36.7 Å². The second-order valence-corrected chi connectivity index (χ2v) is 9.45. The minimum Gasteiger partial charge on any atom is -0.494 e. The summed E-state index contributed by atoms with van der Waals surface area (Å²) in [6, 6.07) is 11.9. The Morgan fingerprint density at radius 1 is 1.10 bits per heavy atom. The Kier molecular flexibility index (Phi) is 6.02. The standard InChI is InChI=1S/C21H25NO6S/c1-21(2,15-6-11-18-19(13-15)28-14-27-18)22-20(23)5-4-12-26-16-7-9-17(10-8-16)29(3,24)25/h6-11,13H,4-5,12,14H2,1-3H3,(H,22,23). The molecule has 156 valence electrons. The third-order valence-corrected chi connectivity index (χ3v) is 5.74. The Hall–Kier alpha value is -2.74. The first-order chi connectivity index (χ1) is 13.6. The van der Waals surface area contributed by atoms with Crippen LogP contribution < -0.4 is 19.5 Å². The van der Waals surface area contributed by atoms with Crippen molar-refractivity contribution in [3.05, 3.63) is 48.0 Å². The van der Waals surface area contributed by atoms with Crippen LogP contribution in [0.15, 0.2) is 47.4 Å². The van der Waals surface area contributed by atoms with E-state index in [1.807, 2.05) is 32.0 Å². The van der Waals surface area contributed by atoms with Gasteiger partial charge in [0.05, 0.1) is 17.0 Å². The SMILES string of the molecule is CC(C)(NC(=O)CCCOc1ccc(S(C)(=O)=O)cc1)c1ccc2c(c1)OCO2. The second-order valence-electron chi connectivity index (χ2n) is 7.44. The average Bonchev–Trinajstić information content (AvgIpc) is 3.12. The molecule has 0 aromatic heterocycles. The first-order valence-electron chi connectivity index (χ1n) is 9.29. The summed E-state index contributed by atoms with van der Waals surface area (Å²) in [7, 11) is -3.22. The van der Waals surface area contributed by atoms with E-state index in [1.54, 1.807) is 12.1 Å². The lowest BCUT2D eigenvalue weighted by Crippen LogP contribution is -2.41. The molecular weight excluding hydrogens is 394 g/mol. The Morgan fingerprint density at radius 2 is 1.79 bits per heavy atom. The van der Waals surface area contributed by atoms with Gasteiger partial charge < -0.3 is 19.5 Å². The molecule has 0 spiro atoms. The zero-order valence-electron chi connectivity index (χ0n) is 16.7. The number of ether oxygens (including phenoxy) is 3. The maximum Gasteiger partial charge on any atom is 0.231 e. The van der Waals surface area contributed by atoms with Crippen molar-refractivity contribution in [3.63, 3.8) is 0 Å². The highest BCUT2D eigenvalue weighted by molar-refractivity contribution is 7.90. The van der Waals surface area contributed by atoms with Gasteiger partial charge in [-0.15, -0.1) is 0 Å². The first kappa shape index (κ1) is 21.0.